The fourth-order valence-electron chi connectivity index (χ4n) is 3.99. The van der Waals surface area contributed by atoms with E-state index in [0.717, 1.165) is 25.2 Å². The van der Waals surface area contributed by atoms with Crippen molar-refractivity contribution in [1.29, 1.82) is 0 Å². The van der Waals surface area contributed by atoms with Crippen molar-refractivity contribution in [3.05, 3.63) is 64.1 Å². The molecule has 4 rings (SSSR count). The molecule has 6 nitrogen and oxygen atoms in total. The van der Waals surface area contributed by atoms with Crippen LogP contribution in [0.5, 0.6) is 0 Å². The normalized spacial score (nSPS) is 22.2. The fourth-order valence-corrected chi connectivity index (χ4v) is 5.18. The lowest BCUT2D eigenvalue weighted by Gasteiger charge is -2.35. The Hall–Kier alpha value is -2.12. The van der Waals surface area contributed by atoms with Crippen molar-refractivity contribution in [2.75, 3.05) is 17.8 Å². The summed E-state index contributed by atoms with van der Waals surface area (Å²) >= 11 is 0. The number of piperidine rings is 1. The van der Waals surface area contributed by atoms with Gasteiger partial charge in [0.15, 0.2) is 0 Å². The maximum Gasteiger partial charge on any atom is 0.275 e. The lowest BCUT2D eigenvalue weighted by atomic mass is 9.84. The van der Waals surface area contributed by atoms with Crippen LogP contribution in [0.25, 0.3) is 0 Å². The molecule has 0 saturated carbocycles. The number of anilines is 1. The Labute approximate surface area is 146 Å². The summed E-state index contributed by atoms with van der Waals surface area (Å²) in [5.74, 6) is 0.727. The zero-order valence-corrected chi connectivity index (χ0v) is 14.7. The molecule has 1 aromatic heterocycles. The van der Waals surface area contributed by atoms with Crippen LogP contribution in [-0.2, 0) is 22.3 Å². The molecule has 3 N–H and O–H groups in total. The first kappa shape index (κ1) is 16.4. The third-order valence-electron chi connectivity index (χ3n) is 5.10. The van der Waals surface area contributed by atoms with E-state index in [1.165, 1.54) is 0 Å². The third-order valence-corrected chi connectivity index (χ3v) is 6.35. The molecule has 2 aliphatic heterocycles. The molecule has 0 aliphatic carbocycles. The van der Waals surface area contributed by atoms with E-state index >= 15 is 0 Å². The fraction of sp³-hybridized carbons (Fsp3) is 0.389. The second kappa shape index (κ2) is 6.31. The van der Waals surface area contributed by atoms with Gasteiger partial charge in [-0.1, -0.05) is 30.3 Å². The van der Waals surface area contributed by atoms with E-state index < -0.39 is 10.0 Å². The van der Waals surface area contributed by atoms with E-state index in [1.54, 1.807) is 34.9 Å². The molecule has 0 amide bonds. The van der Waals surface area contributed by atoms with Crippen LogP contribution in [0.15, 0.2) is 47.3 Å². The molecule has 2 bridgehead atoms. The molecule has 1 fully saturated rings. The van der Waals surface area contributed by atoms with Crippen molar-refractivity contribution in [3.63, 3.8) is 0 Å². The van der Waals surface area contributed by atoms with Crippen molar-refractivity contribution in [3.8, 4) is 0 Å². The van der Waals surface area contributed by atoms with Gasteiger partial charge in [0.05, 0.1) is 18.8 Å². The van der Waals surface area contributed by atoms with Crippen LogP contribution >= 0.6 is 0 Å². The van der Waals surface area contributed by atoms with Crippen LogP contribution in [0.3, 0.4) is 0 Å². The number of nitrogens with zero attached hydrogens (tertiary/aromatic N) is 1. The van der Waals surface area contributed by atoms with Crippen LogP contribution in [0.2, 0.25) is 0 Å². The minimum Gasteiger partial charge on any atom is -0.345 e. The number of pyridine rings is 1. The molecule has 25 heavy (non-hydrogen) atoms. The Morgan fingerprint density at radius 2 is 1.92 bits per heavy atom. The number of nitrogens with two attached hydrogens (primary N) is 1. The SMILES string of the molecule is O=c1c(NS(=O)(=O)Cc2ccccc2)ccc2n1C[C@@H]1C[NH2+]C[C@H]2C1. The van der Waals surface area contributed by atoms with Crippen LogP contribution < -0.4 is 15.6 Å². The molecule has 2 aliphatic rings. The molecule has 0 spiro atoms. The van der Waals surface area contributed by atoms with Gasteiger partial charge in [0.25, 0.3) is 5.56 Å². The highest BCUT2D eigenvalue weighted by Gasteiger charge is 2.33. The average molecular weight is 360 g/mol. The lowest BCUT2D eigenvalue weighted by molar-refractivity contribution is -0.673. The van der Waals surface area contributed by atoms with Gasteiger partial charge in [-0.15, -0.1) is 0 Å². The predicted octanol–water partition coefficient (Wildman–Crippen LogP) is 0.471. The van der Waals surface area contributed by atoms with Crippen molar-refractivity contribution < 1.29 is 13.7 Å². The van der Waals surface area contributed by atoms with E-state index in [9.17, 15) is 13.2 Å². The van der Waals surface area contributed by atoms with Gasteiger partial charge in [-0.3, -0.25) is 9.52 Å². The number of quaternary nitrogens is 1. The van der Waals surface area contributed by atoms with Crippen LogP contribution in [0, 0.1) is 5.92 Å². The number of nitrogens with one attached hydrogen (secondary N) is 1. The van der Waals surface area contributed by atoms with Crippen molar-refractivity contribution in [2.24, 2.45) is 5.92 Å². The number of sulfonamides is 1. The summed E-state index contributed by atoms with van der Waals surface area (Å²) in [5, 5.41) is 2.31. The van der Waals surface area contributed by atoms with E-state index in [2.05, 4.69) is 10.0 Å². The minimum atomic E-state index is -3.62. The summed E-state index contributed by atoms with van der Waals surface area (Å²) in [5.41, 5.74) is 1.63. The summed E-state index contributed by atoms with van der Waals surface area (Å²) in [7, 11) is -3.62. The smallest absolute Gasteiger partial charge is 0.275 e. The summed E-state index contributed by atoms with van der Waals surface area (Å²) in [6, 6.07) is 12.5. The summed E-state index contributed by atoms with van der Waals surface area (Å²) in [6.45, 7) is 2.71. The standard InChI is InChI=1S/C18H21N3O3S/c22-18-16(20-25(23,24)12-13-4-2-1-3-5-13)6-7-17-15-8-14(9-19-10-15)11-21(17)18/h1-7,14-15,19-20H,8-12H2/p+1/t14-,15+/m0/s1. The van der Waals surface area contributed by atoms with Gasteiger partial charge >= 0.3 is 0 Å². The average Bonchev–Trinajstić information content (AvgIpc) is 2.58. The van der Waals surface area contributed by atoms with Crippen LogP contribution in [-0.4, -0.2) is 26.1 Å². The summed E-state index contributed by atoms with van der Waals surface area (Å²) < 4.78 is 29.1. The highest BCUT2D eigenvalue weighted by molar-refractivity contribution is 7.91. The van der Waals surface area contributed by atoms with E-state index in [4.69, 9.17) is 0 Å². The Kier molecular flexibility index (Phi) is 4.13. The largest absolute Gasteiger partial charge is 0.345 e. The molecule has 0 radical (unpaired) electrons. The molecule has 7 heteroatoms. The maximum atomic E-state index is 12.8. The monoisotopic (exact) mass is 360 g/mol. The molecule has 0 unspecified atom stereocenters. The van der Waals surface area contributed by atoms with Gasteiger partial charge in [-0.05, 0) is 24.1 Å². The zero-order chi connectivity index (χ0) is 17.4. The Balaban J connectivity index is 1.61. The number of hydrogen-bond donors (Lipinski definition) is 2. The Morgan fingerprint density at radius 1 is 1.12 bits per heavy atom. The first-order valence-corrected chi connectivity index (χ1v) is 10.3. The Bertz CT molecular complexity index is 938. The van der Waals surface area contributed by atoms with E-state index in [0.29, 0.717) is 23.9 Å². The summed E-state index contributed by atoms with van der Waals surface area (Å²) in [6.07, 6.45) is 1.12. The molecule has 1 aromatic carbocycles. The van der Waals surface area contributed by atoms with Crippen LogP contribution in [0.4, 0.5) is 5.69 Å². The second-order valence-corrected chi connectivity index (χ2v) is 8.72. The van der Waals surface area contributed by atoms with Gasteiger partial charge in [0, 0.05) is 24.1 Å². The van der Waals surface area contributed by atoms with Gasteiger partial charge in [-0.25, -0.2) is 8.42 Å². The number of hydrogen-bond acceptors (Lipinski definition) is 3. The number of fused-ring (bicyclic) bond motifs is 4. The Morgan fingerprint density at radius 3 is 2.72 bits per heavy atom. The molecule has 1 saturated heterocycles. The first-order valence-electron chi connectivity index (χ1n) is 8.62. The number of rotatable bonds is 4. The van der Waals surface area contributed by atoms with Gasteiger partial charge in [0.2, 0.25) is 10.0 Å². The summed E-state index contributed by atoms with van der Waals surface area (Å²) in [4.78, 5) is 12.8. The van der Waals surface area contributed by atoms with E-state index in [-0.39, 0.29) is 17.0 Å². The molecule has 2 atom stereocenters. The van der Waals surface area contributed by atoms with Gasteiger partial charge in [-0.2, -0.15) is 0 Å². The van der Waals surface area contributed by atoms with Crippen LogP contribution in [0.1, 0.15) is 23.6 Å². The zero-order valence-electron chi connectivity index (χ0n) is 13.9. The molecule has 3 heterocycles. The lowest BCUT2D eigenvalue weighted by Crippen LogP contribution is -2.89. The van der Waals surface area contributed by atoms with Crippen molar-refractivity contribution in [1.82, 2.24) is 4.57 Å². The van der Waals surface area contributed by atoms with Gasteiger partial charge in [0.1, 0.15) is 5.69 Å². The maximum absolute atomic E-state index is 12.8. The predicted molar refractivity (Wildman–Crippen MR) is 95.9 cm³/mol. The highest BCUT2D eigenvalue weighted by atomic mass is 32.2. The topological polar surface area (TPSA) is 84.8 Å². The molecule has 132 valence electrons. The number of benzene rings is 1. The molecular weight excluding hydrogens is 338 g/mol. The number of aromatic nitrogens is 1. The second-order valence-electron chi connectivity index (χ2n) is 6.99. The minimum absolute atomic E-state index is 0.142. The van der Waals surface area contributed by atoms with Crippen molar-refractivity contribution >= 4 is 15.7 Å². The molecule has 2 aromatic rings. The third kappa shape index (κ3) is 3.34. The quantitative estimate of drug-likeness (QED) is 0.831. The van der Waals surface area contributed by atoms with Gasteiger partial charge < -0.3 is 9.88 Å². The first-order chi connectivity index (χ1) is 12.0. The van der Waals surface area contributed by atoms with Crippen molar-refractivity contribution in [2.45, 2.75) is 24.6 Å². The molecular formula is C18H22N3O3S+. The highest BCUT2D eigenvalue weighted by Crippen LogP contribution is 2.30. The van der Waals surface area contributed by atoms with E-state index in [1.807, 2.05) is 12.1 Å².